The molecule has 0 atom stereocenters. The number of anilines is 1. The Labute approximate surface area is 90.4 Å². The van der Waals surface area contributed by atoms with Crippen molar-refractivity contribution in [2.45, 2.75) is 30.4 Å². The zero-order valence-corrected chi connectivity index (χ0v) is 9.98. The van der Waals surface area contributed by atoms with Crippen molar-refractivity contribution in [2.75, 3.05) is 11.9 Å². The van der Waals surface area contributed by atoms with Crippen molar-refractivity contribution < 1.29 is 8.42 Å². The highest BCUT2D eigenvalue weighted by Gasteiger charge is 2.41. The molecule has 15 heavy (non-hydrogen) atoms. The summed E-state index contributed by atoms with van der Waals surface area (Å²) in [4.78, 5) is 0.459. The zero-order valence-electron chi connectivity index (χ0n) is 9.16. The van der Waals surface area contributed by atoms with E-state index in [1.807, 2.05) is 25.1 Å². The van der Waals surface area contributed by atoms with Crippen LogP contribution >= 0.6 is 0 Å². The van der Waals surface area contributed by atoms with Crippen molar-refractivity contribution in [2.24, 2.45) is 0 Å². The maximum absolute atomic E-state index is 12.3. The fraction of sp³-hybridized carbons (Fsp3) is 0.455. The first-order valence-electron chi connectivity index (χ1n) is 4.94. The highest BCUT2D eigenvalue weighted by Crippen LogP contribution is 2.37. The first-order chi connectivity index (χ1) is 6.86. The SMILES string of the molecule is Cc1cccc2c1S(=O)(=O)C(C)(C)CN2. The molecule has 1 aliphatic heterocycles. The Morgan fingerprint density at radius 3 is 2.67 bits per heavy atom. The number of benzene rings is 1. The van der Waals surface area contributed by atoms with E-state index in [-0.39, 0.29) is 0 Å². The lowest BCUT2D eigenvalue weighted by Crippen LogP contribution is -2.43. The molecule has 0 bridgehead atoms. The summed E-state index contributed by atoms with van der Waals surface area (Å²) in [6.07, 6.45) is 0. The molecule has 0 fully saturated rings. The normalized spacial score (nSPS) is 21.5. The van der Waals surface area contributed by atoms with Crippen molar-refractivity contribution in [3.63, 3.8) is 0 Å². The van der Waals surface area contributed by atoms with Crippen LogP contribution in [-0.2, 0) is 9.84 Å². The van der Waals surface area contributed by atoms with E-state index in [9.17, 15) is 8.42 Å². The summed E-state index contributed by atoms with van der Waals surface area (Å²) in [6, 6.07) is 5.52. The van der Waals surface area contributed by atoms with Gasteiger partial charge in [-0.1, -0.05) is 12.1 Å². The Morgan fingerprint density at radius 1 is 1.33 bits per heavy atom. The van der Waals surface area contributed by atoms with Crippen LogP contribution in [0.2, 0.25) is 0 Å². The van der Waals surface area contributed by atoms with Crippen LogP contribution in [0.15, 0.2) is 23.1 Å². The van der Waals surface area contributed by atoms with Crippen molar-refractivity contribution in [1.82, 2.24) is 0 Å². The molecule has 2 rings (SSSR count). The summed E-state index contributed by atoms with van der Waals surface area (Å²) in [5.41, 5.74) is 1.54. The van der Waals surface area contributed by atoms with Crippen LogP contribution in [0.1, 0.15) is 19.4 Å². The number of sulfone groups is 1. The van der Waals surface area contributed by atoms with Gasteiger partial charge in [0.05, 0.1) is 15.3 Å². The highest BCUT2D eigenvalue weighted by molar-refractivity contribution is 7.93. The molecule has 0 radical (unpaired) electrons. The Balaban J connectivity index is 2.78. The maximum atomic E-state index is 12.3. The number of rotatable bonds is 0. The molecule has 0 aromatic heterocycles. The van der Waals surface area contributed by atoms with Gasteiger partial charge in [-0.25, -0.2) is 8.42 Å². The second-order valence-corrected chi connectivity index (χ2v) is 7.09. The van der Waals surface area contributed by atoms with E-state index in [1.165, 1.54) is 0 Å². The lowest BCUT2D eigenvalue weighted by atomic mass is 10.1. The Hall–Kier alpha value is -1.03. The van der Waals surface area contributed by atoms with E-state index in [0.29, 0.717) is 11.4 Å². The first kappa shape index (κ1) is 10.5. The van der Waals surface area contributed by atoms with Gasteiger partial charge in [0.2, 0.25) is 0 Å². The third-order valence-corrected chi connectivity index (χ3v) is 5.59. The number of hydrogen-bond acceptors (Lipinski definition) is 3. The van der Waals surface area contributed by atoms with Crippen LogP contribution in [0.5, 0.6) is 0 Å². The molecule has 1 aromatic rings. The summed E-state index contributed by atoms with van der Waals surface area (Å²) >= 11 is 0. The predicted octanol–water partition coefficient (Wildman–Crippen LogP) is 1.97. The third-order valence-electron chi connectivity index (χ3n) is 2.91. The van der Waals surface area contributed by atoms with Crippen molar-refractivity contribution in [3.05, 3.63) is 23.8 Å². The van der Waals surface area contributed by atoms with Gasteiger partial charge in [-0.05, 0) is 32.4 Å². The van der Waals surface area contributed by atoms with E-state index in [0.717, 1.165) is 11.3 Å². The molecular weight excluding hydrogens is 210 g/mol. The average Bonchev–Trinajstić information content (AvgIpc) is 2.12. The number of hydrogen-bond donors (Lipinski definition) is 1. The summed E-state index contributed by atoms with van der Waals surface area (Å²) in [7, 11) is -3.21. The van der Waals surface area contributed by atoms with Crippen LogP contribution < -0.4 is 5.32 Å². The minimum Gasteiger partial charge on any atom is -0.382 e. The van der Waals surface area contributed by atoms with Crippen LogP contribution in [-0.4, -0.2) is 19.7 Å². The van der Waals surface area contributed by atoms with Gasteiger partial charge in [-0.3, -0.25) is 0 Å². The molecule has 1 heterocycles. The average molecular weight is 225 g/mol. The van der Waals surface area contributed by atoms with Crippen LogP contribution in [0.4, 0.5) is 5.69 Å². The molecule has 0 spiro atoms. The van der Waals surface area contributed by atoms with Gasteiger partial charge in [0.25, 0.3) is 0 Å². The number of fused-ring (bicyclic) bond motifs is 1. The van der Waals surface area contributed by atoms with Gasteiger partial charge in [-0.2, -0.15) is 0 Å². The minimum absolute atomic E-state index is 0.459. The van der Waals surface area contributed by atoms with E-state index in [4.69, 9.17) is 0 Å². The summed E-state index contributed by atoms with van der Waals surface area (Å²) in [5, 5.41) is 3.17. The quantitative estimate of drug-likeness (QED) is 0.734. The molecule has 0 aliphatic carbocycles. The van der Waals surface area contributed by atoms with Gasteiger partial charge in [-0.15, -0.1) is 0 Å². The van der Waals surface area contributed by atoms with Crippen LogP contribution in [0.3, 0.4) is 0 Å². The number of nitrogens with one attached hydrogen (secondary N) is 1. The highest BCUT2D eigenvalue weighted by atomic mass is 32.2. The molecule has 1 N–H and O–H groups in total. The van der Waals surface area contributed by atoms with Crippen LogP contribution in [0.25, 0.3) is 0 Å². The summed E-state index contributed by atoms with van der Waals surface area (Å²) < 4.78 is 23.9. The largest absolute Gasteiger partial charge is 0.382 e. The zero-order chi connectivity index (χ0) is 11.3. The third kappa shape index (κ3) is 1.35. The molecule has 0 amide bonds. The molecule has 1 aliphatic rings. The molecule has 3 nitrogen and oxygen atoms in total. The van der Waals surface area contributed by atoms with E-state index < -0.39 is 14.6 Å². The fourth-order valence-electron chi connectivity index (χ4n) is 1.83. The molecular formula is C11H15NO2S. The molecule has 0 saturated heterocycles. The van der Waals surface area contributed by atoms with Gasteiger partial charge in [0, 0.05) is 6.54 Å². The van der Waals surface area contributed by atoms with Crippen molar-refractivity contribution in [3.8, 4) is 0 Å². The van der Waals surface area contributed by atoms with Crippen molar-refractivity contribution in [1.29, 1.82) is 0 Å². The van der Waals surface area contributed by atoms with E-state index >= 15 is 0 Å². The monoisotopic (exact) mass is 225 g/mol. The van der Waals surface area contributed by atoms with Gasteiger partial charge < -0.3 is 5.32 Å². The molecule has 1 aromatic carbocycles. The lowest BCUT2D eigenvalue weighted by molar-refractivity contribution is 0.547. The molecule has 0 saturated carbocycles. The molecule has 82 valence electrons. The van der Waals surface area contributed by atoms with Gasteiger partial charge >= 0.3 is 0 Å². The summed E-state index contributed by atoms with van der Waals surface area (Å²) in [5.74, 6) is 0. The Bertz CT molecular complexity index is 503. The topological polar surface area (TPSA) is 46.2 Å². The van der Waals surface area contributed by atoms with Crippen LogP contribution in [0, 0.1) is 6.92 Å². The minimum atomic E-state index is -3.21. The predicted molar refractivity (Wildman–Crippen MR) is 60.9 cm³/mol. The standard InChI is InChI=1S/C11H15NO2S/c1-8-5-4-6-9-10(8)15(13,14)11(2,3)7-12-9/h4-6,12H,7H2,1-3H3. The fourth-order valence-corrected chi connectivity index (χ4v) is 3.56. The lowest BCUT2D eigenvalue weighted by Gasteiger charge is -2.32. The van der Waals surface area contributed by atoms with Crippen molar-refractivity contribution >= 4 is 15.5 Å². The van der Waals surface area contributed by atoms with Gasteiger partial charge in [0.15, 0.2) is 9.84 Å². The first-order valence-corrected chi connectivity index (χ1v) is 6.43. The second-order valence-electron chi connectivity index (χ2n) is 4.57. The second kappa shape index (κ2) is 2.98. The maximum Gasteiger partial charge on any atom is 0.187 e. The van der Waals surface area contributed by atoms with Gasteiger partial charge in [0.1, 0.15) is 0 Å². The Kier molecular flexibility index (Phi) is 2.08. The smallest absolute Gasteiger partial charge is 0.187 e. The van der Waals surface area contributed by atoms with E-state index in [1.54, 1.807) is 13.8 Å². The molecule has 0 unspecified atom stereocenters. The number of aryl methyl sites for hydroxylation is 1. The molecule has 4 heteroatoms. The van der Waals surface area contributed by atoms with E-state index in [2.05, 4.69) is 5.32 Å². The Morgan fingerprint density at radius 2 is 2.00 bits per heavy atom. The summed E-state index contributed by atoms with van der Waals surface area (Å²) in [6.45, 7) is 5.81.